The number of hydrogen-bond acceptors (Lipinski definition) is 4. The number of carbonyl (C=O) groups is 1. The summed E-state index contributed by atoms with van der Waals surface area (Å²) in [5.74, 6) is -0.171. The Morgan fingerprint density at radius 3 is 2.33 bits per heavy atom. The summed E-state index contributed by atoms with van der Waals surface area (Å²) >= 11 is 5.95. The maximum Gasteiger partial charge on any atom is 0.261 e. The zero-order chi connectivity index (χ0) is 23.6. The highest BCUT2D eigenvalue weighted by Gasteiger charge is 2.24. The van der Waals surface area contributed by atoms with Crippen molar-refractivity contribution < 1.29 is 13.2 Å². The molecule has 0 saturated carbocycles. The molecule has 33 heavy (non-hydrogen) atoms. The van der Waals surface area contributed by atoms with Crippen LogP contribution < -0.4 is 9.62 Å². The maximum atomic E-state index is 13.1. The highest BCUT2D eigenvalue weighted by molar-refractivity contribution is 7.92. The highest BCUT2D eigenvalue weighted by Crippen LogP contribution is 2.25. The third-order valence-electron chi connectivity index (χ3n) is 5.95. The first-order valence-corrected chi connectivity index (χ1v) is 12.6. The van der Waals surface area contributed by atoms with Crippen LogP contribution >= 0.6 is 11.6 Å². The maximum absolute atomic E-state index is 13.1. The molecule has 1 fully saturated rings. The molecule has 1 aliphatic rings. The molecule has 0 radical (unpaired) electrons. The van der Waals surface area contributed by atoms with Gasteiger partial charge in [0.25, 0.3) is 15.9 Å². The topological polar surface area (TPSA) is 69.7 Å². The van der Waals surface area contributed by atoms with Crippen LogP contribution in [0.15, 0.2) is 71.6 Å². The largest absolute Gasteiger partial charge is 0.368 e. The number of benzene rings is 3. The van der Waals surface area contributed by atoms with Crippen LogP contribution in [0.3, 0.4) is 0 Å². The molecule has 4 rings (SSSR count). The fraction of sp³-hybridized carbons (Fsp3) is 0.240. The minimum Gasteiger partial charge on any atom is -0.368 e. The predicted octanol–water partition coefficient (Wildman–Crippen LogP) is 4.72. The second-order valence-corrected chi connectivity index (χ2v) is 10.3. The van der Waals surface area contributed by atoms with Crippen LogP contribution in [0.1, 0.15) is 21.5 Å². The second-order valence-electron chi connectivity index (χ2n) is 8.14. The molecule has 1 amide bonds. The number of nitrogens with one attached hydrogen (secondary N) is 1. The molecule has 0 aliphatic carbocycles. The lowest BCUT2D eigenvalue weighted by Gasteiger charge is -2.37. The summed E-state index contributed by atoms with van der Waals surface area (Å²) in [6, 6.07) is 18.9. The Bertz CT molecular complexity index is 1290. The summed E-state index contributed by atoms with van der Waals surface area (Å²) in [7, 11) is -3.86. The Hall–Kier alpha value is -3.03. The van der Waals surface area contributed by atoms with Crippen molar-refractivity contribution in [3.05, 3.63) is 88.4 Å². The van der Waals surface area contributed by atoms with Crippen molar-refractivity contribution in [2.45, 2.75) is 18.7 Å². The number of piperazine rings is 1. The van der Waals surface area contributed by atoms with Gasteiger partial charge in [-0.05, 0) is 67.4 Å². The van der Waals surface area contributed by atoms with E-state index in [9.17, 15) is 13.2 Å². The van der Waals surface area contributed by atoms with Gasteiger partial charge in [-0.15, -0.1) is 0 Å². The van der Waals surface area contributed by atoms with Gasteiger partial charge in [0, 0.05) is 42.5 Å². The zero-order valence-corrected chi connectivity index (χ0v) is 20.2. The molecule has 0 aromatic heterocycles. The summed E-state index contributed by atoms with van der Waals surface area (Å²) in [5, 5.41) is 0.430. The fourth-order valence-corrected chi connectivity index (χ4v) is 5.26. The van der Waals surface area contributed by atoms with E-state index in [1.165, 1.54) is 35.0 Å². The SMILES string of the molecule is Cc1cccc(N2CCN(C(=O)c3cccc(S(=O)(=O)Nc4cccc(Cl)c4)c3)CC2)c1C. The average molecular weight is 484 g/mol. The number of aryl methyl sites for hydroxylation is 1. The number of anilines is 2. The van der Waals surface area contributed by atoms with Crippen molar-refractivity contribution >= 4 is 38.9 Å². The highest BCUT2D eigenvalue weighted by atomic mass is 35.5. The first-order chi connectivity index (χ1) is 15.7. The van der Waals surface area contributed by atoms with E-state index in [2.05, 4.69) is 41.7 Å². The van der Waals surface area contributed by atoms with E-state index < -0.39 is 10.0 Å². The van der Waals surface area contributed by atoms with Gasteiger partial charge in [0.1, 0.15) is 0 Å². The Morgan fingerprint density at radius 2 is 1.61 bits per heavy atom. The predicted molar refractivity (Wildman–Crippen MR) is 133 cm³/mol. The van der Waals surface area contributed by atoms with Crippen LogP contribution in [0.2, 0.25) is 5.02 Å². The van der Waals surface area contributed by atoms with Gasteiger partial charge in [0.2, 0.25) is 0 Å². The normalized spacial score (nSPS) is 14.3. The molecule has 8 heteroatoms. The summed E-state index contributed by atoms with van der Waals surface area (Å²) in [5.41, 5.74) is 4.41. The fourth-order valence-electron chi connectivity index (χ4n) is 3.97. The van der Waals surface area contributed by atoms with Gasteiger partial charge in [-0.3, -0.25) is 9.52 Å². The molecule has 0 atom stereocenters. The van der Waals surface area contributed by atoms with Gasteiger partial charge >= 0.3 is 0 Å². The van der Waals surface area contributed by atoms with E-state index in [4.69, 9.17) is 11.6 Å². The minimum atomic E-state index is -3.86. The van der Waals surface area contributed by atoms with E-state index >= 15 is 0 Å². The quantitative estimate of drug-likeness (QED) is 0.570. The number of halogens is 1. The second kappa shape index (κ2) is 9.45. The summed E-state index contributed by atoms with van der Waals surface area (Å²) < 4.78 is 28.2. The van der Waals surface area contributed by atoms with Crippen LogP contribution in [0.25, 0.3) is 0 Å². The van der Waals surface area contributed by atoms with Crippen LogP contribution in [0, 0.1) is 13.8 Å². The van der Waals surface area contributed by atoms with Crippen LogP contribution in [0.4, 0.5) is 11.4 Å². The summed E-state index contributed by atoms with van der Waals surface area (Å²) in [6.07, 6.45) is 0. The lowest BCUT2D eigenvalue weighted by molar-refractivity contribution is 0.0746. The number of sulfonamides is 1. The van der Waals surface area contributed by atoms with Gasteiger partial charge in [0.05, 0.1) is 10.6 Å². The van der Waals surface area contributed by atoms with Gasteiger partial charge in [-0.2, -0.15) is 0 Å². The number of nitrogens with zero attached hydrogens (tertiary/aromatic N) is 2. The summed E-state index contributed by atoms with van der Waals surface area (Å²) in [6.45, 7) is 6.81. The molecular formula is C25H26ClN3O3S. The van der Waals surface area contributed by atoms with Crippen molar-refractivity contribution in [2.24, 2.45) is 0 Å². The van der Waals surface area contributed by atoms with E-state index in [1.807, 2.05) is 0 Å². The number of carbonyl (C=O) groups excluding carboxylic acids is 1. The van der Waals surface area contributed by atoms with Gasteiger partial charge < -0.3 is 9.80 Å². The molecular weight excluding hydrogens is 458 g/mol. The van der Waals surface area contributed by atoms with E-state index in [0.29, 0.717) is 29.4 Å². The van der Waals surface area contributed by atoms with E-state index in [-0.39, 0.29) is 10.8 Å². The monoisotopic (exact) mass is 483 g/mol. The van der Waals surface area contributed by atoms with Crippen LogP contribution in [-0.2, 0) is 10.0 Å². The Morgan fingerprint density at radius 1 is 0.909 bits per heavy atom. The molecule has 0 spiro atoms. The Labute approximate surface area is 199 Å². The molecule has 0 bridgehead atoms. The molecule has 1 N–H and O–H groups in total. The van der Waals surface area contributed by atoms with Crippen molar-refractivity contribution in [3.8, 4) is 0 Å². The minimum absolute atomic E-state index is 0.0300. The number of rotatable bonds is 5. The van der Waals surface area contributed by atoms with Gasteiger partial charge in [-0.25, -0.2) is 8.42 Å². The van der Waals surface area contributed by atoms with Crippen molar-refractivity contribution in [3.63, 3.8) is 0 Å². The Kier molecular flexibility index (Phi) is 6.63. The first-order valence-electron chi connectivity index (χ1n) is 10.7. The van der Waals surface area contributed by atoms with Crippen LogP contribution in [0.5, 0.6) is 0 Å². The van der Waals surface area contributed by atoms with E-state index in [1.54, 1.807) is 35.2 Å². The van der Waals surface area contributed by atoms with Crippen molar-refractivity contribution in [1.82, 2.24) is 4.90 Å². The van der Waals surface area contributed by atoms with Gasteiger partial charge in [-0.1, -0.05) is 35.9 Å². The molecule has 6 nitrogen and oxygen atoms in total. The molecule has 172 valence electrons. The van der Waals surface area contributed by atoms with E-state index in [0.717, 1.165) is 13.1 Å². The van der Waals surface area contributed by atoms with Gasteiger partial charge in [0.15, 0.2) is 0 Å². The lowest BCUT2D eigenvalue weighted by atomic mass is 10.1. The zero-order valence-electron chi connectivity index (χ0n) is 18.6. The van der Waals surface area contributed by atoms with Crippen LogP contribution in [-0.4, -0.2) is 45.4 Å². The first kappa shape index (κ1) is 23.1. The molecule has 3 aromatic carbocycles. The molecule has 1 heterocycles. The molecule has 0 unspecified atom stereocenters. The van der Waals surface area contributed by atoms with Crippen molar-refractivity contribution in [2.75, 3.05) is 35.8 Å². The standard InChI is InChI=1S/C25H26ClN3O3S/c1-18-6-3-11-24(19(18)2)28-12-14-29(15-13-28)25(30)20-7-4-10-23(16-20)33(31,32)27-22-9-5-8-21(26)17-22/h3-11,16-17,27H,12-15H2,1-2H3. The molecule has 1 saturated heterocycles. The third kappa shape index (κ3) is 5.15. The molecule has 3 aromatic rings. The lowest BCUT2D eigenvalue weighted by Crippen LogP contribution is -2.49. The number of amides is 1. The third-order valence-corrected chi connectivity index (χ3v) is 7.57. The number of hydrogen-bond donors (Lipinski definition) is 1. The van der Waals surface area contributed by atoms with Crippen molar-refractivity contribution in [1.29, 1.82) is 0 Å². The average Bonchev–Trinajstić information content (AvgIpc) is 2.80. The summed E-state index contributed by atoms with van der Waals surface area (Å²) in [4.78, 5) is 17.2. The Balaban J connectivity index is 1.46. The molecule has 1 aliphatic heterocycles. The smallest absolute Gasteiger partial charge is 0.261 e.